The molecule has 0 heterocycles. The zero-order chi connectivity index (χ0) is 13.2. The summed E-state index contributed by atoms with van der Waals surface area (Å²) in [7, 11) is 0. The fourth-order valence-electron chi connectivity index (χ4n) is 0.990. The predicted octanol–water partition coefficient (Wildman–Crippen LogP) is 1.14. The van der Waals surface area contributed by atoms with Crippen molar-refractivity contribution in [3.8, 4) is 17.2 Å². The summed E-state index contributed by atoms with van der Waals surface area (Å²) < 4.78 is 4.47. The van der Waals surface area contributed by atoms with Crippen LogP contribution in [0.5, 0.6) is 17.2 Å². The van der Waals surface area contributed by atoms with Crippen molar-refractivity contribution in [2.75, 3.05) is 0 Å². The van der Waals surface area contributed by atoms with Gasteiger partial charge in [0.25, 0.3) is 0 Å². The average molecular weight is 240 g/mol. The summed E-state index contributed by atoms with van der Waals surface area (Å²) in [5.74, 6) is -4.28. The molecule has 0 radical (unpaired) electrons. The Hall–Kier alpha value is -2.24. The van der Waals surface area contributed by atoms with Gasteiger partial charge in [0.15, 0.2) is 17.2 Å². The maximum atomic E-state index is 11.4. The number of phenolic OH excluding ortho intramolecular Hbond substituents is 3. The first-order chi connectivity index (χ1) is 7.82. The lowest BCUT2D eigenvalue weighted by Crippen LogP contribution is -2.17. The Labute approximate surface area is 97.1 Å². The van der Waals surface area contributed by atoms with E-state index in [0.29, 0.717) is 0 Å². The number of carbonyl (C=O) groups is 2. The van der Waals surface area contributed by atoms with Crippen molar-refractivity contribution in [2.24, 2.45) is 5.92 Å². The van der Waals surface area contributed by atoms with Crippen LogP contribution >= 0.6 is 0 Å². The summed E-state index contributed by atoms with van der Waals surface area (Å²) in [6.07, 6.45) is 0. The number of rotatable bonds is 2. The van der Waals surface area contributed by atoms with E-state index in [1.807, 2.05) is 0 Å². The molecule has 17 heavy (non-hydrogen) atoms. The molecule has 1 aromatic rings. The third-order valence-electron chi connectivity index (χ3n) is 1.97. The van der Waals surface area contributed by atoms with Crippen LogP contribution in [0.4, 0.5) is 0 Å². The van der Waals surface area contributed by atoms with Gasteiger partial charge in [-0.2, -0.15) is 0 Å². The summed E-state index contributed by atoms with van der Waals surface area (Å²) >= 11 is 0. The van der Waals surface area contributed by atoms with Gasteiger partial charge in [-0.05, 0) is 12.1 Å². The van der Waals surface area contributed by atoms with Crippen LogP contribution in [0, 0.1) is 5.92 Å². The van der Waals surface area contributed by atoms with Gasteiger partial charge in [0.1, 0.15) is 0 Å². The topological polar surface area (TPSA) is 104 Å². The molecule has 3 N–H and O–H groups in total. The van der Waals surface area contributed by atoms with Crippen molar-refractivity contribution in [2.45, 2.75) is 13.8 Å². The van der Waals surface area contributed by atoms with Crippen molar-refractivity contribution in [3.63, 3.8) is 0 Å². The Bertz CT molecular complexity index is 440. The molecule has 92 valence electrons. The molecule has 1 rings (SSSR count). The minimum absolute atomic E-state index is 0.230. The van der Waals surface area contributed by atoms with E-state index in [1.54, 1.807) is 13.8 Å². The van der Waals surface area contributed by atoms with E-state index in [-0.39, 0.29) is 5.56 Å². The molecule has 0 aromatic heterocycles. The molecule has 0 aliphatic carbocycles. The van der Waals surface area contributed by atoms with Gasteiger partial charge < -0.3 is 20.1 Å². The minimum Gasteiger partial charge on any atom is -0.504 e. The quantitative estimate of drug-likeness (QED) is 0.407. The molecule has 0 unspecified atom stereocenters. The van der Waals surface area contributed by atoms with Gasteiger partial charge in [-0.15, -0.1) is 0 Å². The number of hydrogen-bond acceptors (Lipinski definition) is 6. The van der Waals surface area contributed by atoms with E-state index in [0.717, 1.165) is 12.1 Å². The Balaban J connectivity index is 2.94. The van der Waals surface area contributed by atoms with Crippen molar-refractivity contribution in [3.05, 3.63) is 17.7 Å². The molecule has 0 spiro atoms. The van der Waals surface area contributed by atoms with E-state index < -0.39 is 35.1 Å². The lowest BCUT2D eigenvalue weighted by atomic mass is 10.2. The van der Waals surface area contributed by atoms with Crippen LogP contribution in [0.25, 0.3) is 0 Å². The third kappa shape index (κ3) is 2.87. The fraction of sp³-hybridized carbons (Fsp3) is 0.273. The van der Waals surface area contributed by atoms with Crippen molar-refractivity contribution >= 4 is 11.9 Å². The van der Waals surface area contributed by atoms with Crippen LogP contribution in [0.15, 0.2) is 12.1 Å². The Morgan fingerprint density at radius 1 is 1.12 bits per heavy atom. The molecule has 0 fully saturated rings. The van der Waals surface area contributed by atoms with Gasteiger partial charge in [0, 0.05) is 0 Å². The molecule has 0 amide bonds. The Morgan fingerprint density at radius 3 is 2.00 bits per heavy atom. The molecule has 1 aromatic carbocycles. The highest BCUT2D eigenvalue weighted by molar-refractivity contribution is 5.98. The van der Waals surface area contributed by atoms with Gasteiger partial charge in [0.05, 0.1) is 11.5 Å². The van der Waals surface area contributed by atoms with Crippen molar-refractivity contribution in [1.29, 1.82) is 0 Å². The molecule has 0 saturated carbocycles. The van der Waals surface area contributed by atoms with Crippen molar-refractivity contribution < 1.29 is 29.6 Å². The molecule has 6 heteroatoms. The summed E-state index contributed by atoms with van der Waals surface area (Å²) in [6.45, 7) is 3.11. The van der Waals surface area contributed by atoms with E-state index in [9.17, 15) is 19.8 Å². The fourth-order valence-corrected chi connectivity index (χ4v) is 0.990. The Kier molecular flexibility index (Phi) is 3.57. The summed E-state index contributed by atoms with van der Waals surface area (Å²) in [6, 6.07) is 1.79. The van der Waals surface area contributed by atoms with Crippen LogP contribution in [0.2, 0.25) is 0 Å². The summed E-state index contributed by atoms with van der Waals surface area (Å²) in [5, 5.41) is 27.4. The number of carbonyl (C=O) groups excluding carboxylic acids is 2. The lowest BCUT2D eigenvalue weighted by molar-refractivity contribution is -0.141. The number of aromatic hydroxyl groups is 3. The molecular formula is C11H12O6. The van der Waals surface area contributed by atoms with E-state index in [1.165, 1.54) is 0 Å². The zero-order valence-corrected chi connectivity index (χ0v) is 9.30. The smallest absolute Gasteiger partial charge is 0.346 e. The highest BCUT2D eigenvalue weighted by atomic mass is 16.6. The van der Waals surface area contributed by atoms with Gasteiger partial charge >= 0.3 is 11.9 Å². The molecular weight excluding hydrogens is 228 g/mol. The maximum Gasteiger partial charge on any atom is 0.346 e. The third-order valence-corrected chi connectivity index (χ3v) is 1.97. The SMILES string of the molecule is CC(C)C(=O)OC(=O)c1cc(O)c(O)c(O)c1. The maximum absolute atomic E-state index is 11.4. The van der Waals surface area contributed by atoms with Crippen LogP contribution in [-0.4, -0.2) is 27.3 Å². The first-order valence-corrected chi connectivity index (χ1v) is 4.84. The van der Waals surface area contributed by atoms with Crippen LogP contribution in [0.3, 0.4) is 0 Å². The Morgan fingerprint density at radius 2 is 1.59 bits per heavy atom. The first-order valence-electron chi connectivity index (χ1n) is 4.84. The van der Waals surface area contributed by atoms with E-state index >= 15 is 0 Å². The lowest BCUT2D eigenvalue weighted by Gasteiger charge is -2.07. The number of ether oxygens (including phenoxy) is 1. The molecule has 6 nitrogen and oxygen atoms in total. The second-order valence-electron chi connectivity index (χ2n) is 3.73. The number of phenols is 3. The molecule has 0 aliphatic heterocycles. The normalized spacial score (nSPS) is 10.3. The monoisotopic (exact) mass is 240 g/mol. The molecule has 0 bridgehead atoms. The van der Waals surface area contributed by atoms with Crippen LogP contribution < -0.4 is 0 Å². The van der Waals surface area contributed by atoms with E-state index in [2.05, 4.69) is 4.74 Å². The van der Waals surface area contributed by atoms with Gasteiger partial charge in [0.2, 0.25) is 0 Å². The second kappa shape index (κ2) is 4.73. The van der Waals surface area contributed by atoms with Gasteiger partial charge in [-0.1, -0.05) is 13.8 Å². The highest BCUT2D eigenvalue weighted by Gasteiger charge is 2.19. The summed E-state index contributed by atoms with van der Waals surface area (Å²) in [5.41, 5.74) is -0.230. The molecule has 0 aliphatic rings. The average Bonchev–Trinajstić information content (AvgIpc) is 2.24. The van der Waals surface area contributed by atoms with E-state index in [4.69, 9.17) is 5.11 Å². The van der Waals surface area contributed by atoms with Crippen LogP contribution in [-0.2, 0) is 9.53 Å². The highest BCUT2D eigenvalue weighted by Crippen LogP contribution is 2.35. The molecule has 0 atom stereocenters. The second-order valence-corrected chi connectivity index (χ2v) is 3.73. The summed E-state index contributed by atoms with van der Waals surface area (Å²) in [4.78, 5) is 22.6. The van der Waals surface area contributed by atoms with Crippen LogP contribution in [0.1, 0.15) is 24.2 Å². The number of hydrogen-bond donors (Lipinski definition) is 3. The largest absolute Gasteiger partial charge is 0.504 e. The molecule has 0 saturated heterocycles. The minimum atomic E-state index is -1.01. The number of benzene rings is 1. The first kappa shape index (κ1) is 12.8. The number of esters is 2. The standard InChI is InChI=1S/C11H12O6/c1-5(2)10(15)17-11(16)6-3-7(12)9(14)8(13)4-6/h3-5,12-14H,1-2H3. The van der Waals surface area contributed by atoms with Gasteiger partial charge in [-0.25, -0.2) is 4.79 Å². The van der Waals surface area contributed by atoms with Crippen molar-refractivity contribution in [1.82, 2.24) is 0 Å². The van der Waals surface area contributed by atoms with Gasteiger partial charge in [-0.3, -0.25) is 4.79 Å². The zero-order valence-electron chi connectivity index (χ0n) is 9.30. The predicted molar refractivity (Wildman–Crippen MR) is 56.7 cm³/mol.